The Bertz CT molecular complexity index is 346. The quantitative estimate of drug-likeness (QED) is 0.808. The summed E-state index contributed by atoms with van der Waals surface area (Å²) in [7, 11) is 2.13. The third-order valence-corrected chi connectivity index (χ3v) is 3.21. The molecule has 1 aromatic carbocycles. The lowest BCUT2D eigenvalue weighted by atomic mass is 9.89. The number of benzene rings is 1. The number of hydrogen-bond donors (Lipinski definition) is 1. The molecule has 0 aliphatic carbocycles. The lowest BCUT2D eigenvalue weighted by molar-refractivity contribution is 0.202. The van der Waals surface area contributed by atoms with Gasteiger partial charge in [0.15, 0.2) is 0 Å². The van der Waals surface area contributed by atoms with Crippen molar-refractivity contribution in [2.45, 2.75) is 26.7 Å². The Balaban J connectivity index is 2.37. The van der Waals surface area contributed by atoms with E-state index >= 15 is 0 Å². The van der Waals surface area contributed by atoms with Crippen molar-refractivity contribution in [3.05, 3.63) is 35.6 Å². The first-order valence-electron chi connectivity index (χ1n) is 6.56. The summed E-state index contributed by atoms with van der Waals surface area (Å²) in [6, 6.07) is 6.75. The summed E-state index contributed by atoms with van der Waals surface area (Å²) < 4.78 is 12.8. The SMILES string of the molecule is CN(CCc1ccc(F)cc1)CC(C)(C)CCN. The van der Waals surface area contributed by atoms with Crippen LogP contribution < -0.4 is 5.73 Å². The van der Waals surface area contributed by atoms with E-state index in [1.165, 1.54) is 17.7 Å². The van der Waals surface area contributed by atoms with Crippen molar-refractivity contribution in [3.63, 3.8) is 0 Å². The second-order valence-electron chi connectivity index (χ2n) is 5.82. The van der Waals surface area contributed by atoms with Crippen LogP contribution in [-0.2, 0) is 6.42 Å². The summed E-state index contributed by atoms with van der Waals surface area (Å²) in [5.74, 6) is -0.170. The maximum Gasteiger partial charge on any atom is 0.123 e. The minimum Gasteiger partial charge on any atom is -0.330 e. The predicted octanol–water partition coefficient (Wildman–Crippen LogP) is 2.68. The highest BCUT2D eigenvalue weighted by Crippen LogP contribution is 2.20. The summed E-state index contributed by atoms with van der Waals surface area (Å²) in [6.45, 7) is 7.24. The molecule has 0 spiro atoms. The zero-order chi connectivity index (χ0) is 13.6. The van der Waals surface area contributed by atoms with E-state index in [9.17, 15) is 4.39 Å². The molecular weight excluding hydrogens is 227 g/mol. The number of likely N-dealkylation sites (N-methyl/N-ethyl adjacent to an activating group) is 1. The molecule has 0 radical (unpaired) electrons. The van der Waals surface area contributed by atoms with Crippen LogP contribution in [0.4, 0.5) is 4.39 Å². The lowest BCUT2D eigenvalue weighted by Crippen LogP contribution is -2.34. The Kier molecular flexibility index (Phi) is 5.76. The van der Waals surface area contributed by atoms with Gasteiger partial charge in [0.25, 0.3) is 0 Å². The average Bonchev–Trinajstić information content (AvgIpc) is 2.27. The maximum atomic E-state index is 12.8. The molecule has 0 heterocycles. The van der Waals surface area contributed by atoms with E-state index in [-0.39, 0.29) is 11.2 Å². The number of halogens is 1. The van der Waals surface area contributed by atoms with Crippen molar-refractivity contribution in [2.75, 3.05) is 26.7 Å². The largest absolute Gasteiger partial charge is 0.330 e. The summed E-state index contributed by atoms with van der Waals surface area (Å²) >= 11 is 0. The smallest absolute Gasteiger partial charge is 0.123 e. The minimum absolute atomic E-state index is 0.170. The van der Waals surface area contributed by atoms with Crippen LogP contribution >= 0.6 is 0 Å². The van der Waals surface area contributed by atoms with Crippen molar-refractivity contribution in [2.24, 2.45) is 11.1 Å². The van der Waals surface area contributed by atoms with Gasteiger partial charge in [-0.3, -0.25) is 0 Å². The fourth-order valence-electron chi connectivity index (χ4n) is 2.25. The van der Waals surface area contributed by atoms with E-state index < -0.39 is 0 Å². The molecule has 2 nitrogen and oxygen atoms in total. The van der Waals surface area contributed by atoms with Crippen molar-refractivity contribution in [1.29, 1.82) is 0 Å². The molecule has 2 N–H and O–H groups in total. The molecule has 1 rings (SSSR count). The Morgan fingerprint density at radius 1 is 1.22 bits per heavy atom. The van der Waals surface area contributed by atoms with Crippen LogP contribution in [0.25, 0.3) is 0 Å². The Hall–Kier alpha value is -0.930. The predicted molar refractivity (Wildman–Crippen MR) is 75.1 cm³/mol. The monoisotopic (exact) mass is 252 g/mol. The molecule has 102 valence electrons. The average molecular weight is 252 g/mol. The normalized spacial score (nSPS) is 12.1. The van der Waals surface area contributed by atoms with Crippen molar-refractivity contribution < 1.29 is 4.39 Å². The van der Waals surface area contributed by atoms with Gasteiger partial charge in [0.2, 0.25) is 0 Å². The third-order valence-electron chi connectivity index (χ3n) is 3.21. The van der Waals surface area contributed by atoms with Gasteiger partial charge in [-0.2, -0.15) is 0 Å². The van der Waals surface area contributed by atoms with E-state index in [1.54, 1.807) is 0 Å². The van der Waals surface area contributed by atoms with E-state index in [2.05, 4.69) is 25.8 Å². The number of nitrogens with two attached hydrogens (primary N) is 1. The van der Waals surface area contributed by atoms with Gasteiger partial charge in [0.1, 0.15) is 5.82 Å². The second kappa shape index (κ2) is 6.86. The van der Waals surface area contributed by atoms with Gasteiger partial charge in [-0.05, 0) is 49.5 Å². The van der Waals surface area contributed by atoms with Crippen LogP contribution in [0.15, 0.2) is 24.3 Å². The van der Waals surface area contributed by atoms with Crippen molar-refractivity contribution in [1.82, 2.24) is 4.90 Å². The zero-order valence-corrected chi connectivity index (χ0v) is 11.7. The van der Waals surface area contributed by atoms with Gasteiger partial charge in [0, 0.05) is 13.1 Å². The Labute approximate surface area is 110 Å². The molecule has 3 heteroatoms. The molecule has 0 saturated carbocycles. The molecule has 0 aliphatic heterocycles. The number of rotatable bonds is 7. The summed E-state index contributed by atoms with van der Waals surface area (Å²) in [5, 5.41) is 0. The molecule has 0 unspecified atom stereocenters. The molecule has 1 aromatic rings. The van der Waals surface area contributed by atoms with Crippen LogP contribution in [0.3, 0.4) is 0 Å². The van der Waals surface area contributed by atoms with Gasteiger partial charge in [-0.25, -0.2) is 4.39 Å². The molecule has 0 saturated heterocycles. The van der Waals surface area contributed by atoms with E-state index in [0.29, 0.717) is 0 Å². The van der Waals surface area contributed by atoms with E-state index in [0.717, 1.165) is 32.5 Å². The van der Waals surface area contributed by atoms with Crippen molar-refractivity contribution in [3.8, 4) is 0 Å². The molecule has 0 aromatic heterocycles. The van der Waals surface area contributed by atoms with Crippen LogP contribution in [-0.4, -0.2) is 31.6 Å². The van der Waals surface area contributed by atoms with Crippen LogP contribution in [0.2, 0.25) is 0 Å². The molecular formula is C15H25FN2. The molecule has 0 atom stereocenters. The maximum absolute atomic E-state index is 12.8. The highest BCUT2D eigenvalue weighted by molar-refractivity contribution is 5.16. The zero-order valence-electron chi connectivity index (χ0n) is 11.7. The molecule has 0 amide bonds. The highest BCUT2D eigenvalue weighted by Gasteiger charge is 2.18. The first-order valence-corrected chi connectivity index (χ1v) is 6.56. The fraction of sp³-hybridized carbons (Fsp3) is 0.600. The van der Waals surface area contributed by atoms with E-state index in [4.69, 9.17) is 5.73 Å². The first kappa shape index (κ1) is 15.1. The third kappa shape index (κ3) is 5.61. The van der Waals surface area contributed by atoms with Crippen LogP contribution in [0.5, 0.6) is 0 Å². The lowest BCUT2D eigenvalue weighted by Gasteiger charge is -2.30. The van der Waals surface area contributed by atoms with Gasteiger partial charge in [0.05, 0.1) is 0 Å². The van der Waals surface area contributed by atoms with Crippen LogP contribution in [0.1, 0.15) is 25.8 Å². The standard InChI is InChI=1S/C15H25FN2/c1-15(2,9-10-17)12-18(3)11-8-13-4-6-14(16)7-5-13/h4-7H,8-12,17H2,1-3H3. The van der Waals surface area contributed by atoms with Gasteiger partial charge < -0.3 is 10.6 Å². The van der Waals surface area contributed by atoms with Gasteiger partial charge in [-0.1, -0.05) is 26.0 Å². The molecule has 0 fully saturated rings. The van der Waals surface area contributed by atoms with Gasteiger partial charge in [-0.15, -0.1) is 0 Å². The number of hydrogen-bond acceptors (Lipinski definition) is 2. The molecule has 18 heavy (non-hydrogen) atoms. The first-order chi connectivity index (χ1) is 8.43. The molecule has 0 bridgehead atoms. The Morgan fingerprint density at radius 3 is 2.39 bits per heavy atom. The van der Waals surface area contributed by atoms with Crippen molar-refractivity contribution >= 4 is 0 Å². The Morgan fingerprint density at radius 2 is 1.83 bits per heavy atom. The van der Waals surface area contributed by atoms with Gasteiger partial charge >= 0.3 is 0 Å². The molecule has 0 aliphatic rings. The second-order valence-corrected chi connectivity index (χ2v) is 5.82. The van der Waals surface area contributed by atoms with E-state index in [1.807, 2.05) is 12.1 Å². The fourth-order valence-corrected chi connectivity index (χ4v) is 2.25. The highest BCUT2D eigenvalue weighted by atomic mass is 19.1. The topological polar surface area (TPSA) is 29.3 Å². The van der Waals surface area contributed by atoms with Crippen LogP contribution in [0, 0.1) is 11.2 Å². The number of nitrogens with zero attached hydrogens (tertiary/aromatic N) is 1. The summed E-state index contributed by atoms with van der Waals surface area (Å²) in [4.78, 5) is 2.32. The summed E-state index contributed by atoms with van der Waals surface area (Å²) in [5.41, 5.74) is 7.05. The minimum atomic E-state index is -0.170. The summed E-state index contributed by atoms with van der Waals surface area (Å²) in [6.07, 6.45) is 1.99.